The summed E-state index contributed by atoms with van der Waals surface area (Å²) in [4.78, 5) is 17.8. The first-order valence-corrected chi connectivity index (χ1v) is 13.1. The van der Waals surface area contributed by atoms with Crippen LogP contribution < -0.4 is 14.8 Å². The molecule has 7 nitrogen and oxygen atoms in total. The maximum atomic E-state index is 13.1. The Labute approximate surface area is 209 Å². The fourth-order valence-corrected chi connectivity index (χ4v) is 5.43. The predicted molar refractivity (Wildman–Crippen MR) is 137 cm³/mol. The zero-order chi connectivity index (χ0) is 24.2. The van der Waals surface area contributed by atoms with E-state index in [0.29, 0.717) is 30.5 Å². The standard InChI is InChI=1S/C27H30N4O3S/c1-3-4-15-35-27-29-26-28-20-11-8-12-21(32)24(20)25(31(26)30-27)19-13-14-22(23(16-19)33-2)34-17-18-9-6-5-7-10-18/h5-7,9-10,13-14,16,25H,3-4,8,11-12,15,17H2,1-2H3,(H,28,29,30). The highest BCUT2D eigenvalue weighted by atomic mass is 32.2. The van der Waals surface area contributed by atoms with E-state index in [1.165, 1.54) is 0 Å². The number of carbonyl (C=O) groups excluding carboxylic acids is 1. The lowest BCUT2D eigenvalue weighted by molar-refractivity contribution is -0.116. The Morgan fingerprint density at radius 2 is 2.00 bits per heavy atom. The summed E-state index contributed by atoms with van der Waals surface area (Å²) in [6, 6.07) is 15.6. The monoisotopic (exact) mass is 490 g/mol. The number of nitrogens with one attached hydrogen (secondary N) is 1. The van der Waals surface area contributed by atoms with Crippen LogP contribution in [0.25, 0.3) is 0 Å². The fraction of sp³-hybridized carbons (Fsp3) is 0.370. The largest absolute Gasteiger partial charge is 0.493 e. The number of allylic oxidation sites excluding steroid dienone is 2. The van der Waals surface area contributed by atoms with Gasteiger partial charge in [-0.25, -0.2) is 4.68 Å². The molecule has 0 saturated carbocycles. The van der Waals surface area contributed by atoms with Crippen LogP contribution in [0.15, 0.2) is 65.0 Å². The second-order valence-corrected chi connectivity index (χ2v) is 9.81. The van der Waals surface area contributed by atoms with Gasteiger partial charge in [0, 0.05) is 23.4 Å². The number of rotatable bonds is 9. The third-order valence-electron chi connectivity index (χ3n) is 6.32. The summed E-state index contributed by atoms with van der Waals surface area (Å²) >= 11 is 1.65. The molecule has 1 unspecified atom stereocenters. The van der Waals surface area contributed by atoms with Crippen molar-refractivity contribution in [3.63, 3.8) is 0 Å². The summed E-state index contributed by atoms with van der Waals surface area (Å²) in [6.45, 7) is 2.62. The van der Waals surface area contributed by atoms with E-state index in [4.69, 9.17) is 19.6 Å². The van der Waals surface area contributed by atoms with E-state index >= 15 is 0 Å². The maximum Gasteiger partial charge on any atom is 0.227 e. The molecule has 1 aliphatic heterocycles. The Hall–Kier alpha value is -3.26. The van der Waals surface area contributed by atoms with Gasteiger partial charge in [-0.05, 0) is 42.5 Å². The van der Waals surface area contributed by atoms with Gasteiger partial charge in [-0.3, -0.25) is 4.79 Å². The average molecular weight is 491 g/mol. The van der Waals surface area contributed by atoms with Crippen LogP contribution in [0.2, 0.25) is 0 Å². The number of aromatic nitrogens is 3. The van der Waals surface area contributed by atoms with Crippen LogP contribution in [-0.2, 0) is 11.4 Å². The third kappa shape index (κ3) is 4.93. The van der Waals surface area contributed by atoms with Crippen molar-refractivity contribution in [1.29, 1.82) is 0 Å². The molecule has 2 heterocycles. The number of ether oxygens (including phenoxy) is 2. The van der Waals surface area contributed by atoms with Crippen LogP contribution in [0.5, 0.6) is 11.5 Å². The first-order chi connectivity index (χ1) is 17.2. The topological polar surface area (TPSA) is 78.3 Å². The molecule has 1 aromatic heterocycles. The first-order valence-electron chi connectivity index (χ1n) is 12.1. The highest BCUT2D eigenvalue weighted by Gasteiger charge is 2.37. The van der Waals surface area contributed by atoms with E-state index in [1.54, 1.807) is 18.9 Å². The molecule has 182 valence electrons. The number of Topliss-reactive ketones (excluding diaryl/α,β-unsaturated/α-hetero) is 1. The normalized spacial score (nSPS) is 17.0. The van der Waals surface area contributed by atoms with Crippen LogP contribution in [0.1, 0.15) is 56.2 Å². The van der Waals surface area contributed by atoms with Crippen molar-refractivity contribution >= 4 is 23.5 Å². The summed E-state index contributed by atoms with van der Waals surface area (Å²) in [7, 11) is 1.64. The van der Waals surface area contributed by atoms with Crippen molar-refractivity contribution < 1.29 is 14.3 Å². The molecular formula is C27H30N4O3S. The summed E-state index contributed by atoms with van der Waals surface area (Å²) in [5.41, 5.74) is 3.74. The molecule has 2 aliphatic rings. The summed E-state index contributed by atoms with van der Waals surface area (Å²) in [5.74, 6) is 3.10. The van der Waals surface area contributed by atoms with Crippen molar-refractivity contribution in [2.24, 2.45) is 0 Å². The number of nitrogens with zero attached hydrogens (tertiary/aromatic N) is 3. The predicted octanol–water partition coefficient (Wildman–Crippen LogP) is 5.78. The number of thioether (sulfide) groups is 1. The van der Waals surface area contributed by atoms with E-state index in [-0.39, 0.29) is 11.8 Å². The number of benzene rings is 2. The van der Waals surface area contributed by atoms with Gasteiger partial charge in [0.25, 0.3) is 0 Å². The Bertz CT molecular complexity index is 1240. The zero-order valence-corrected chi connectivity index (χ0v) is 20.9. The summed E-state index contributed by atoms with van der Waals surface area (Å²) in [5, 5.41) is 8.93. The second kappa shape index (κ2) is 10.6. The van der Waals surface area contributed by atoms with Crippen molar-refractivity contribution in [2.45, 2.75) is 56.8 Å². The molecule has 3 aromatic rings. The van der Waals surface area contributed by atoms with Crippen LogP contribution in [0.4, 0.5) is 5.95 Å². The van der Waals surface area contributed by atoms with Gasteiger partial charge in [-0.1, -0.05) is 61.5 Å². The molecule has 1 N–H and O–H groups in total. The number of methoxy groups -OCH3 is 1. The number of unbranched alkanes of at least 4 members (excludes halogenated alkanes) is 1. The van der Waals surface area contributed by atoms with Crippen LogP contribution in [-0.4, -0.2) is 33.4 Å². The summed E-state index contributed by atoms with van der Waals surface area (Å²) in [6.07, 6.45) is 4.47. The SMILES string of the molecule is CCCCSc1nc2n(n1)C(c1ccc(OCc3ccccc3)c(OC)c1)C1=C(CCCC1=O)N2. The van der Waals surface area contributed by atoms with E-state index < -0.39 is 0 Å². The Morgan fingerprint density at radius 3 is 2.80 bits per heavy atom. The lowest BCUT2D eigenvalue weighted by atomic mass is 9.85. The van der Waals surface area contributed by atoms with E-state index in [2.05, 4.69) is 12.2 Å². The molecule has 1 atom stereocenters. The average Bonchev–Trinajstić information content (AvgIpc) is 3.29. The molecule has 0 saturated heterocycles. The quantitative estimate of drug-likeness (QED) is 0.301. The molecule has 0 bridgehead atoms. The van der Waals surface area contributed by atoms with Gasteiger partial charge in [-0.2, -0.15) is 4.98 Å². The second-order valence-electron chi connectivity index (χ2n) is 8.75. The number of carbonyl (C=O) groups is 1. The summed E-state index contributed by atoms with van der Waals surface area (Å²) < 4.78 is 13.6. The molecule has 5 rings (SSSR count). The van der Waals surface area contributed by atoms with Crippen LogP contribution in [0, 0.1) is 0 Å². The van der Waals surface area contributed by atoms with Crippen molar-refractivity contribution in [3.8, 4) is 11.5 Å². The minimum Gasteiger partial charge on any atom is -0.493 e. The van der Waals surface area contributed by atoms with Crippen LogP contribution >= 0.6 is 11.8 Å². The molecule has 0 fully saturated rings. The molecular weight excluding hydrogens is 460 g/mol. The Morgan fingerprint density at radius 1 is 1.14 bits per heavy atom. The minimum absolute atomic E-state index is 0.161. The molecule has 35 heavy (non-hydrogen) atoms. The number of fused-ring (bicyclic) bond motifs is 1. The zero-order valence-electron chi connectivity index (χ0n) is 20.1. The third-order valence-corrected chi connectivity index (χ3v) is 7.24. The lowest BCUT2D eigenvalue weighted by Crippen LogP contribution is -2.31. The van der Waals surface area contributed by atoms with Crippen molar-refractivity contribution in [2.75, 3.05) is 18.2 Å². The number of anilines is 1. The molecule has 0 amide bonds. The highest BCUT2D eigenvalue weighted by Crippen LogP contribution is 2.42. The first kappa shape index (κ1) is 23.5. The van der Waals surface area contributed by atoms with Crippen molar-refractivity contribution in [3.05, 3.63) is 70.9 Å². The number of ketones is 1. The van der Waals surface area contributed by atoms with Gasteiger partial charge in [0.2, 0.25) is 11.1 Å². The van der Waals surface area contributed by atoms with Gasteiger partial charge in [-0.15, -0.1) is 5.10 Å². The Kier molecular flexibility index (Phi) is 7.08. The molecule has 1 aliphatic carbocycles. The number of hydrogen-bond donors (Lipinski definition) is 1. The van der Waals surface area contributed by atoms with E-state index in [9.17, 15) is 4.79 Å². The van der Waals surface area contributed by atoms with Gasteiger partial charge < -0.3 is 14.8 Å². The van der Waals surface area contributed by atoms with Gasteiger partial charge >= 0.3 is 0 Å². The minimum atomic E-state index is -0.348. The lowest BCUT2D eigenvalue weighted by Gasteiger charge is -2.32. The maximum absolute atomic E-state index is 13.1. The Balaban J connectivity index is 1.49. The van der Waals surface area contributed by atoms with E-state index in [0.717, 1.165) is 59.0 Å². The van der Waals surface area contributed by atoms with Gasteiger partial charge in [0.15, 0.2) is 17.3 Å². The molecule has 0 spiro atoms. The smallest absolute Gasteiger partial charge is 0.227 e. The van der Waals surface area contributed by atoms with Gasteiger partial charge in [0.05, 0.1) is 7.11 Å². The highest BCUT2D eigenvalue weighted by molar-refractivity contribution is 7.99. The number of hydrogen-bond acceptors (Lipinski definition) is 7. The van der Waals surface area contributed by atoms with Gasteiger partial charge in [0.1, 0.15) is 12.6 Å². The molecule has 8 heteroatoms. The molecule has 0 radical (unpaired) electrons. The molecule has 2 aromatic carbocycles. The van der Waals surface area contributed by atoms with Crippen LogP contribution in [0.3, 0.4) is 0 Å². The van der Waals surface area contributed by atoms with Crippen molar-refractivity contribution in [1.82, 2.24) is 14.8 Å². The fourth-order valence-electron chi connectivity index (χ4n) is 4.52. The van der Waals surface area contributed by atoms with E-state index in [1.807, 2.05) is 53.2 Å².